The minimum Gasteiger partial charge on any atom is -0.494 e. The number of rotatable bonds is 5. The Morgan fingerprint density at radius 1 is 1.14 bits per heavy atom. The van der Waals surface area contributed by atoms with Crippen LogP contribution < -0.4 is 10.1 Å². The molecule has 3 aromatic rings. The van der Waals surface area contributed by atoms with E-state index in [2.05, 4.69) is 20.4 Å². The minimum absolute atomic E-state index is 0.662. The first kappa shape index (κ1) is 13.4. The fourth-order valence-electron chi connectivity index (χ4n) is 2.16. The highest BCUT2D eigenvalue weighted by Gasteiger charge is 2.08. The van der Waals surface area contributed by atoms with Crippen molar-refractivity contribution in [2.24, 2.45) is 0 Å². The van der Waals surface area contributed by atoms with Crippen molar-refractivity contribution in [1.82, 2.24) is 19.7 Å². The van der Waals surface area contributed by atoms with Gasteiger partial charge >= 0.3 is 0 Å². The Morgan fingerprint density at radius 3 is 2.67 bits per heavy atom. The summed E-state index contributed by atoms with van der Waals surface area (Å²) in [5.74, 6) is 1.61. The number of ether oxygens (including phenoxy) is 1. The maximum Gasteiger partial charge on any atom is 0.163 e. The molecule has 0 aliphatic heterocycles. The first-order valence-electron chi connectivity index (χ1n) is 6.98. The first-order valence-corrected chi connectivity index (χ1v) is 6.98. The lowest BCUT2D eigenvalue weighted by Crippen LogP contribution is -1.99. The molecule has 0 unspecified atom stereocenters. The number of nitrogens with one attached hydrogen (secondary N) is 1. The van der Waals surface area contributed by atoms with Crippen LogP contribution in [0.3, 0.4) is 0 Å². The van der Waals surface area contributed by atoms with E-state index in [4.69, 9.17) is 4.74 Å². The van der Waals surface area contributed by atoms with Crippen LogP contribution in [0.5, 0.6) is 5.75 Å². The monoisotopic (exact) mass is 283 g/mol. The summed E-state index contributed by atoms with van der Waals surface area (Å²) in [6.45, 7) is 5.45. The summed E-state index contributed by atoms with van der Waals surface area (Å²) in [7, 11) is 0. The number of hydrogen-bond acceptors (Lipinski definition) is 5. The predicted octanol–water partition coefficient (Wildman–Crippen LogP) is 2.99. The van der Waals surface area contributed by atoms with Gasteiger partial charge in [0.15, 0.2) is 5.65 Å². The molecule has 0 aliphatic carbocycles. The van der Waals surface area contributed by atoms with Gasteiger partial charge in [-0.1, -0.05) is 0 Å². The standard InChI is InChI=1S/C15H17N5O/c1-3-20-15-13(9-18-20)14(16-10-17-15)19-11-5-7-12(8-6-11)21-4-2/h5-10H,3-4H2,1-2H3,(H,16,17,19). The molecule has 0 saturated heterocycles. The summed E-state index contributed by atoms with van der Waals surface area (Å²) in [5.41, 5.74) is 1.78. The highest BCUT2D eigenvalue weighted by molar-refractivity contribution is 5.88. The van der Waals surface area contributed by atoms with E-state index in [9.17, 15) is 0 Å². The predicted molar refractivity (Wildman–Crippen MR) is 81.9 cm³/mol. The molecule has 0 radical (unpaired) electrons. The average molecular weight is 283 g/mol. The van der Waals surface area contributed by atoms with Crippen LogP contribution in [0.2, 0.25) is 0 Å². The average Bonchev–Trinajstić information content (AvgIpc) is 2.94. The molecule has 0 fully saturated rings. The smallest absolute Gasteiger partial charge is 0.163 e. The van der Waals surface area contributed by atoms with Gasteiger partial charge in [0, 0.05) is 12.2 Å². The van der Waals surface area contributed by atoms with Crippen molar-refractivity contribution in [2.75, 3.05) is 11.9 Å². The Balaban J connectivity index is 1.89. The first-order chi connectivity index (χ1) is 10.3. The van der Waals surface area contributed by atoms with Gasteiger partial charge in [-0.25, -0.2) is 14.6 Å². The molecule has 2 heterocycles. The van der Waals surface area contributed by atoms with Crippen LogP contribution in [0.1, 0.15) is 13.8 Å². The summed E-state index contributed by atoms with van der Waals surface area (Å²) < 4.78 is 7.28. The third-order valence-corrected chi connectivity index (χ3v) is 3.16. The van der Waals surface area contributed by atoms with E-state index in [0.717, 1.165) is 34.8 Å². The molecule has 0 spiro atoms. The SMILES string of the molecule is CCOc1ccc(Nc2ncnc3c2cnn3CC)cc1. The van der Waals surface area contributed by atoms with Gasteiger partial charge in [-0.2, -0.15) is 5.10 Å². The maximum atomic E-state index is 5.43. The number of benzene rings is 1. The second-order valence-electron chi connectivity index (χ2n) is 4.50. The molecule has 0 aliphatic rings. The van der Waals surface area contributed by atoms with Crippen LogP contribution in [-0.4, -0.2) is 26.4 Å². The van der Waals surface area contributed by atoms with Crippen molar-refractivity contribution in [3.63, 3.8) is 0 Å². The van der Waals surface area contributed by atoms with Crippen molar-refractivity contribution in [3.8, 4) is 5.75 Å². The molecule has 1 N–H and O–H groups in total. The van der Waals surface area contributed by atoms with E-state index in [0.29, 0.717) is 6.61 Å². The minimum atomic E-state index is 0.662. The molecular weight excluding hydrogens is 266 g/mol. The lowest BCUT2D eigenvalue weighted by molar-refractivity contribution is 0.340. The zero-order valence-corrected chi connectivity index (χ0v) is 12.1. The molecule has 0 atom stereocenters. The number of hydrogen-bond donors (Lipinski definition) is 1. The van der Waals surface area contributed by atoms with Crippen molar-refractivity contribution < 1.29 is 4.74 Å². The van der Waals surface area contributed by atoms with E-state index >= 15 is 0 Å². The highest BCUT2D eigenvalue weighted by Crippen LogP contribution is 2.24. The van der Waals surface area contributed by atoms with Gasteiger partial charge in [0.05, 0.1) is 18.2 Å². The molecule has 0 bridgehead atoms. The van der Waals surface area contributed by atoms with Gasteiger partial charge in [-0.3, -0.25) is 0 Å². The molecule has 6 heteroatoms. The van der Waals surface area contributed by atoms with Gasteiger partial charge in [-0.05, 0) is 38.1 Å². The van der Waals surface area contributed by atoms with Crippen LogP contribution in [0, 0.1) is 0 Å². The molecule has 0 amide bonds. The van der Waals surface area contributed by atoms with Gasteiger partial charge < -0.3 is 10.1 Å². The van der Waals surface area contributed by atoms with Crippen LogP contribution in [0.25, 0.3) is 11.0 Å². The van der Waals surface area contributed by atoms with Gasteiger partial charge in [0.25, 0.3) is 0 Å². The van der Waals surface area contributed by atoms with E-state index in [1.165, 1.54) is 0 Å². The summed E-state index contributed by atoms with van der Waals surface area (Å²) in [4.78, 5) is 8.58. The van der Waals surface area contributed by atoms with E-state index in [1.807, 2.05) is 42.8 Å². The van der Waals surface area contributed by atoms with Crippen molar-refractivity contribution in [1.29, 1.82) is 0 Å². The third-order valence-electron chi connectivity index (χ3n) is 3.16. The Morgan fingerprint density at radius 2 is 1.95 bits per heavy atom. The molecule has 2 aromatic heterocycles. The largest absolute Gasteiger partial charge is 0.494 e. The Hall–Kier alpha value is -2.63. The van der Waals surface area contributed by atoms with Crippen molar-refractivity contribution in [3.05, 3.63) is 36.8 Å². The Bertz CT molecular complexity index is 735. The maximum absolute atomic E-state index is 5.43. The van der Waals surface area contributed by atoms with Crippen LogP contribution >= 0.6 is 0 Å². The summed E-state index contributed by atoms with van der Waals surface area (Å²) in [6.07, 6.45) is 3.34. The highest BCUT2D eigenvalue weighted by atomic mass is 16.5. The summed E-state index contributed by atoms with van der Waals surface area (Å²) in [5, 5.41) is 8.51. The van der Waals surface area contributed by atoms with Crippen LogP contribution in [0.15, 0.2) is 36.8 Å². The lowest BCUT2D eigenvalue weighted by Gasteiger charge is -2.08. The number of anilines is 2. The second-order valence-corrected chi connectivity index (χ2v) is 4.50. The molecule has 6 nitrogen and oxygen atoms in total. The molecule has 108 valence electrons. The number of nitrogens with zero attached hydrogens (tertiary/aromatic N) is 4. The van der Waals surface area contributed by atoms with Gasteiger partial charge in [-0.15, -0.1) is 0 Å². The molecule has 21 heavy (non-hydrogen) atoms. The zero-order chi connectivity index (χ0) is 14.7. The van der Waals surface area contributed by atoms with Crippen molar-refractivity contribution >= 4 is 22.5 Å². The fourth-order valence-corrected chi connectivity index (χ4v) is 2.16. The van der Waals surface area contributed by atoms with Gasteiger partial charge in [0.2, 0.25) is 0 Å². The quantitative estimate of drug-likeness (QED) is 0.779. The van der Waals surface area contributed by atoms with Crippen LogP contribution in [-0.2, 0) is 6.54 Å². The van der Waals surface area contributed by atoms with E-state index < -0.39 is 0 Å². The lowest BCUT2D eigenvalue weighted by atomic mass is 10.3. The number of aromatic nitrogens is 4. The van der Waals surface area contributed by atoms with Crippen molar-refractivity contribution in [2.45, 2.75) is 20.4 Å². The molecule has 0 saturated carbocycles. The topological polar surface area (TPSA) is 64.9 Å². The Kier molecular flexibility index (Phi) is 3.68. The van der Waals surface area contributed by atoms with Gasteiger partial charge in [0.1, 0.15) is 17.9 Å². The van der Waals surface area contributed by atoms with E-state index in [1.54, 1.807) is 12.5 Å². The summed E-state index contributed by atoms with van der Waals surface area (Å²) >= 11 is 0. The van der Waals surface area contributed by atoms with E-state index in [-0.39, 0.29) is 0 Å². The molecule has 3 rings (SSSR count). The fraction of sp³-hybridized carbons (Fsp3) is 0.267. The number of aryl methyl sites for hydroxylation is 1. The summed E-state index contributed by atoms with van der Waals surface area (Å²) in [6, 6.07) is 7.78. The molecular formula is C15H17N5O. The zero-order valence-electron chi connectivity index (χ0n) is 12.1. The normalized spacial score (nSPS) is 10.8. The Labute approximate surface area is 122 Å². The van der Waals surface area contributed by atoms with Crippen LogP contribution in [0.4, 0.5) is 11.5 Å². The second kappa shape index (κ2) is 5.78. The molecule has 1 aromatic carbocycles. The third kappa shape index (κ3) is 2.65. The number of fused-ring (bicyclic) bond motifs is 1.